The number of amides is 2. The monoisotopic (exact) mass is 505 g/mol. The number of likely N-dealkylation sites (tertiary alicyclic amines) is 1. The Morgan fingerprint density at radius 1 is 1.17 bits per heavy atom. The lowest BCUT2D eigenvalue weighted by molar-refractivity contribution is -0.128. The molecule has 1 aromatic heterocycles. The third-order valence-electron chi connectivity index (χ3n) is 5.85. The van der Waals surface area contributed by atoms with Gasteiger partial charge in [-0.15, -0.1) is 0 Å². The Labute approximate surface area is 211 Å². The van der Waals surface area contributed by atoms with E-state index < -0.39 is 11.9 Å². The summed E-state index contributed by atoms with van der Waals surface area (Å²) in [6.45, 7) is 3.56. The lowest BCUT2D eigenvalue weighted by Crippen LogP contribution is -2.35. The van der Waals surface area contributed by atoms with Gasteiger partial charge in [-0.05, 0) is 61.9 Å². The molecule has 0 radical (unpaired) electrons. The van der Waals surface area contributed by atoms with Crippen molar-refractivity contribution < 1.29 is 23.5 Å². The van der Waals surface area contributed by atoms with E-state index in [0.29, 0.717) is 28.7 Å². The Bertz CT molecular complexity index is 1330. The number of amidine groups is 2. The van der Waals surface area contributed by atoms with Gasteiger partial charge in [-0.3, -0.25) is 15.0 Å². The van der Waals surface area contributed by atoms with Crippen LogP contribution in [0.3, 0.4) is 0 Å². The number of fused-ring (bicyclic) bond motifs is 1. The van der Waals surface area contributed by atoms with E-state index >= 15 is 0 Å². The molecular formula is C25H23N5O5S. The Morgan fingerprint density at radius 3 is 2.64 bits per heavy atom. The number of aliphatic imine (C=N–C) groups is 1. The van der Waals surface area contributed by atoms with E-state index in [1.165, 1.54) is 11.1 Å². The van der Waals surface area contributed by atoms with Gasteiger partial charge in [0, 0.05) is 18.7 Å². The predicted octanol–water partition coefficient (Wildman–Crippen LogP) is 3.75. The van der Waals surface area contributed by atoms with E-state index in [1.807, 2.05) is 4.90 Å². The van der Waals surface area contributed by atoms with Crippen molar-refractivity contribution in [3.63, 3.8) is 0 Å². The number of esters is 1. The Hall–Kier alpha value is -3.99. The summed E-state index contributed by atoms with van der Waals surface area (Å²) in [7, 11) is 0. The highest BCUT2D eigenvalue weighted by Crippen LogP contribution is 2.31. The van der Waals surface area contributed by atoms with Crippen LogP contribution in [0.25, 0.3) is 17.4 Å². The van der Waals surface area contributed by atoms with Crippen LogP contribution in [0.5, 0.6) is 0 Å². The van der Waals surface area contributed by atoms with Crippen LogP contribution in [0.15, 0.2) is 56.5 Å². The first kappa shape index (κ1) is 23.7. The molecule has 0 aliphatic carbocycles. The van der Waals surface area contributed by atoms with Gasteiger partial charge in [0.15, 0.2) is 5.84 Å². The van der Waals surface area contributed by atoms with Gasteiger partial charge in [0.25, 0.3) is 5.91 Å². The molecule has 1 saturated heterocycles. The molecule has 0 unspecified atom stereocenters. The number of hydrogen-bond acceptors (Lipinski definition) is 8. The van der Waals surface area contributed by atoms with Crippen LogP contribution < -0.4 is 0 Å². The third kappa shape index (κ3) is 4.74. The molecule has 1 N–H and O–H groups in total. The quantitative estimate of drug-likeness (QED) is 0.468. The van der Waals surface area contributed by atoms with Gasteiger partial charge in [0.1, 0.15) is 16.6 Å². The second-order valence-corrected chi connectivity index (χ2v) is 9.32. The van der Waals surface area contributed by atoms with Crippen LogP contribution in [0, 0.1) is 5.41 Å². The van der Waals surface area contributed by atoms with E-state index in [9.17, 15) is 14.4 Å². The molecule has 3 aliphatic heterocycles. The van der Waals surface area contributed by atoms with Gasteiger partial charge in [0.2, 0.25) is 11.1 Å². The molecule has 2 amide bonds. The zero-order chi connectivity index (χ0) is 25.2. The number of rotatable bonds is 6. The van der Waals surface area contributed by atoms with Crippen molar-refractivity contribution in [1.82, 2.24) is 9.91 Å². The van der Waals surface area contributed by atoms with Crippen molar-refractivity contribution >= 4 is 51.7 Å². The fraction of sp³-hybridized carbons (Fsp3) is 0.280. The highest BCUT2D eigenvalue weighted by atomic mass is 32.2. The van der Waals surface area contributed by atoms with Gasteiger partial charge in [0.05, 0.1) is 24.2 Å². The molecule has 5 rings (SSSR count). The predicted molar refractivity (Wildman–Crippen MR) is 136 cm³/mol. The molecule has 0 saturated carbocycles. The van der Waals surface area contributed by atoms with E-state index in [1.54, 1.807) is 43.3 Å². The Balaban J connectivity index is 1.31. The van der Waals surface area contributed by atoms with Gasteiger partial charge >= 0.3 is 5.97 Å². The van der Waals surface area contributed by atoms with Crippen LogP contribution in [-0.4, -0.2) is 63.4 Å². The summed E-state index contributed by atoms with van der Waals surface area (Å²) < 4.78 is 10.9. The minimum Gasteiger partial charge on any atom is -0.462 e. The number of benzene rings is 1. The molecule has 1 fully saturated rings. The lowest BCUT2D eigenvalue weighted by atomic mass is 10.1. The fourth-order valence-electron chi connectivity index (χ4n) is 4.02. The number of carbonyl (C=O) groups excluding carboxylic acids is 3. The number of ether oxygens (including phenoxy) is 1. The molecule has 0 atom stereocenters. The fourth-order valence-corrected chi connectivity index (χ4v) is 4.90. The van der Waals surface area contributed by atoms with Crippen molar-refractivity contribution in [3.05, 3.63) is 53.3 Å². The number of thioether (sulfide) groups is 1. The molecule has 0 spiro atoms. The molecule has 11 heteroatoms. The standard InChI is InChI=1S/C25H23N5O5S/c1-2-34-24(33)16-7-5-15(6-8-16)19-10-9-17(35-19)13-18-22(26)30-25(27-23(18)32)36-20(28-30)14-21(31)29-11-3-4-12-29/h5-10,13,26H,2-4,11-12,14H2,1H3. The first-order valence-electron chi connectivity index (χ1n) is 11.6. The first-order chi connectivity index (χ1) is 17.4. The zero-order valence-corrected chi connectivity index (χ0v) is 20.3. The number of nitrogens with one attached hydrogen (secondary N) is 1. The summed E-state index contributed by atoms with van der Waals surface area (Å²) in [6.07, 6.45) is 3.59. The maximum absolute atomic E-state index is 12.7. The molecule has 1 aromatic carbocycles. The molecular weight excluding hydrogens is 482 g/mol. The van der Waals surface area contributed by atoms with Crippen molar-refractivity contribution in [2.24, 2.45) is 10.1 Å². The number of nitrogens with zero attached hydrogens (tertiary/aromatic N) is 4. The zero-order valence-electron chi connectivity index (χ0n) is 19.5. The molecule has 3 aliphatic rings. The van der Waals surface area contributed by atoms with Gasteiger partial charge in [-0.1, -0.05) is 12.1 Å². The van der Waals surface area contributed by atoms with Crippen LogP contribution in [-0.2, 0) is 14.3 Å². The Morgan fingerprint density at radius 2 is 1.92 bits per heavy atom. The van der Waals surface area contributed by atoms with E-state index in [-0.39, 0.29) is 28.9 Å². The van der Waals surface area contributed by atoms with Gasteiger partial charge in [-0.2, -0.15) is 15.1 Å². The second kappa shape index (κ2) is 9.94. The topological polar surface area (TPSA) is 129 Å². The first-order valence-corrected chi connectivity index (χ1v) is 12.4. The second-order valence-electron chi connectivity index (χ2n) is 8.28. The summed E-state index contributed by atoms with van der Waals surface area (Å²) in [5.74, 6) is -0.198. The number of carbonyl (C=O) groups is 3. The molecule has 36 heavy (non-hydrogen) atoms. The minimum absolute atomic E-state index is 0.00813. The van der Waals surface area contributed by atoms with Gasteiger partial charge in [-0.25, -0.2) is 4.79 Å². The summed E-state index contributed by atoms with van der Waals surface area (Å²) >= 11 is 1.14. The van der Waals surface area contributed by atoms with Crippen LogP contribution in [0.4, 0.5) is 0 Å². The van der Waals surface area contributed by atoms with Crippen LogP contribution in [0.1, 0.15) is 42.3 Å². The van der Waals surface area contributed by atoms with E-state index in [0.717, 1.165) is 43.3 Å². The maximum Gasteiger partial charge on any atom is 0.338 e. The summed E-state index contributed by atoms with van der Waals surface area (Å²) in [4.78, 5) is 42.9. The number of hydrogen-bond donors (Lipinski definition) is 1. The molecule has 184 valence electrons. The lowest BCUT2D eigenvalue weighted by Gasteiger charge is -2.19. The maximum atomic E-state index is 12.7. The van der Waals surface area contributed by atoms with E-state index in [2.05, 4.69) is 10.1 Å². The third-order valence-corrected chi connectivity index (χ3v) is 6.76. The molecule has 2 aromatic rings. The summed E-state index contributed by atoms with van der Waals surface area (Å²) in [5, 5.41) is 14.9. The molecule has 4 heterocycles. The SMILES string of the molecule is CCOC(=O)c1ccc(-c2ccc(C=C3C(=N)N4N=C(CC(=O)N5CCCC5)SC4=NC3=O)o2)cc1. The van der Waals surface area contributed by atoms with Gasteiger partial charge < -0.3 is 14.1 Å². The average molecular weight is 506 g/mol. The smallest absolute Gasteiger partial charge is 0.338 e. The largest absolute Gasteiger partial charge is 0.462 e. The van der Waals surface area contributed by atoms with Crippen LogP contribution in [0.2, 0.25) is 0 Å². The highest BCUT2D eigenvalue weighted by Gasteiger charge is 2.36. The summed E-state index contributed by atoms with van der Waals surface area (Å²) in [5.41, 5.74) is 1.22. The van der Waals surface area contributed by atoms with Crippen molar-refractivity contribution in [1.29, 1.82) is 5.41 Å². The molecule has 10 nitrogen and oxygen atoms in total. The average Bonchev–Trinajstić information content (AvgIpc) is 3.63. The van der Waals surface area contributed by atoms with Crippen molar-refractivity contribution in [2.75, 3.05) is 19.7 Å². The van der Waals surface area contributed by atoms with E-state index in [4.69, 9.17) is 14.6 Å². The normalized spacial score (nSPS) is 18.4. The minimum atomic E-state index is -0.571. The summed E-state index contributed by atoms with van der Waals surface area (Å²) in [6, 6.07) is 10.2. The van der Waals surface area contributed by atoms with Crippen molar-refractivity contribution in [2.45, 2.75) is 26.2 Å². The Kier molecular flexibility index (Phi) is 6.55. The highest BCUT2D eigenvalue weighted by molar-refractivity contribution is 8.27. The van der Waals surface area contributed by atoms with Crippen LogP contribution >= 0.6 is 11.8 Å². The number of hydrazone groups is 1. The number of furan rings is 1. The molecule has 0 bridgehead atoms. The van der Waals surface area contributed by atoms with Crippen molar-refractivity contribution in [3.8, 4) is 11.3 Å².